The zero-order chi connectivity index (χ0) is 16.9. The van der Waals surface area contributed by atoms with Gasteiger partial charge in [-0.05, 0) is 43.4 Å². The van der Waals surface area contributed by atoms with Gasteiger partial charge in [-0.25, -0.2) is 4.98 Å². The molecule has 128 valence electrons. The molecular weight excluding hydrogens is 319 g/mol. The molecule has 1 aliphatic heterocycles. The lowest BCUT2D eigenvalue weighted by atomic mass is 9.57. The topological polar surface area (TPSA) is 38.1 Å². The quantitative estimate of drug-likeness (QED) is 0.805. The van der Waals surface area contributed by atoms with Crippen LogP contribution in [0.5, 0.6) is 0 Å². The van der Waals surface area contributed by atoms with E-state index in [9.17, 15) is 18.0 Å². The van der Waals surface area contributed by atoms with Crippen molar-refractivity contribution in [3.05, 3.63) is 30.1 Å². The van der Waals surface area contributed by atoms with Gasteiger partial charge in [-0.1, -0.05) is 0 Å². The minimum absolute atomic E-state index is 0.298. The number of fused-ring (bicyclic) bond motifs is 1. The number of aromatic nitrogens is 2. The molecular formula is C17H18F3N3O. The van der Waals surface area contributed by atoms with Crippen molar-refractivity contribution >= 4 is 17.4 Å². The molecule has 1 saturated heterocycles. The van der Waals surface area contributed by atoms with E-state index in [1.165, 1.54) is 6.20 Å². The number of halogens is 3. The third-order valence-corrected chi connectivity index (χ3v) is 5.19. The molecule has 1 spiro atoms. The van der Waals surface area contributed by atoms with E-state index in [1.807, 2.05) is 12.1 Å². The molecule has 1 amide bonds. The number of likely N-dealkylation sites (tertiary alicyclic amines) is 1. The van der Waals surface area contributed by atoms with Crippen LogP contribution < -0.4 is 0 Å². The molecule has 4 rings (SSSR count). The summed E-state index contributed by atoms with van der Waals surface area (Å²) in [6, 6.07) is 5.42. The number of nitrogens with zero attached hydrogens (tertiary/aromatic N) is 3. The molecule has 0 radical (unpaired) electrons. The predicted octanol–water partition coefficient (Wildman–Crippen LogP) is 3.01. The number of rotatable bonds is 4. The maximum atomic E-state index is 12.6. The molecule has 2 aliphatic rings. The summed E-state index contributed by atoms with van der Waals surface area (Å²) in [5.74, 6) is 0.509. The minimum Gasteiger partial charge on any atom is -0.344 e. The van der Waals surface area contributed by atoms with E-state index in [1.54, 1.807) is 11.0 Å². The van der Waals surface area contributed by atoms with Crippen molar-refractivity contribution in [2.75, 3.05) is 13.1 Å². The van der Waals surface area contributed by atoms with Gasteiger partial charge in [0.05, 0.1) is 0 Å². The number of alkyl halides is 3. The van der Waals surface area contributed by atoms with Crippen LogP contribution in [0.1, 0.15) is 18.5 Å². The molecule has 2 fully saturated rings. The lowest BCUT2D eigenvalue weighted by Crippen LogP contribution is -2.61. The van der Waals surface area contributed by atoms with Crippen molar-refractivity contribution in [1.82, 2.24) is 14.5 Å². The zero-order valence-corrected chi connectivity index (χ0v) is 13.1. The lowest BCUT2D eigenvalue weighted by Gasteiger charge is -2.58. The Balaban J connectivity index is 1.44. The molecule has 0 aromatic carbocycles. The Hall–Kier alpha value is -2.05. The van der Waals surface area contributed by atoms with E-state index in [2.05, 4.69) is 4.98 Å². The van der Waals surface area contributed by atoms with Gasteiger partial charge in [0.2, 0.25) is 6.41 Å². The number of carbonyl (C=O) groups is 1. The number of amides is 1. The number of hydrogen-bond acceptors (Lipinski definition) is 2. The van der Waals surface area contributed by atoms with E-state index in [4.69, 9.17) is 0 Å². The van der Waals surface area contributed by atoms with Crippen LogP contribution in [0.3, 0.4) is 0 Å². The first-order chi connectivity index (χ1) is 11.4. The van der Waals surface area contributed by atoms with Gasteiger partial charge in [-0.3, -0.25) is 4.79 Å². The summed E-state index contributed by atoms with van der Waals surface area (Å²) in [4.78, 5) is 16.9. The van der Waals surface area contributed by atoms with Gasteiger partial charge in [0.15, 0.2) is 0 Å². The largest absolute Gasteiger partial charge is 0.406 e. The van der Waals surface area contributed by atoms with Crippen molar-refractivity contribution in [3.63, 3.8) is 0 Å². The predicted molar refractivity (Wildman–Crippen MR) is 82.3 cm³/mol. The van der Waals surface area contributed by atoms with Gasteiger partial charge < -0.3 is 9.47 Å². The summed E-state index contributed by atoms with van der Waals surface area (Å²) in [6.45, 7) is 0.669. The normalized spacial score (nSPS) is 20.2. The molecule has 2 aromatic heterocycles. The lowest BCUT2D eigenvalue weighted by molar-refractivity contribution is -0.141. The van der Waals surface area contributed by atoms with Gasteiger partial charge >= 0.3 is 6.18 Å². The average molecular weight is 337 g/mol. The molecule has 24 heavy (non-hydrogen) atoms. The second-order valence-corrected chi connectivity index (χ2v) is 7.26. The van der Waals surface area contributed by atoms with Crippen molar-refractivity contribution in [2.45, 2.75) is 32.0 Å². The van der Waals surface area contributed by atoms with Gasteiger partial charge in [0.25, 0.3) is 0 Å². The van der Waals surface area contributed by atoms with Crippen LogP contribution >= 0.6 is 0 Å². The molecule has 0 bridgehead atoms. The van der Waals surface area contributed by atoms with Crippen molar-refractivity contribution < 1.29 is 18.0 Å². The van der Waals surface area contributed by atoms with Crippen molar-refractivity contribution in [3.8, 4) is 0 Å². The van der Waals surface area contributed by atoms with E-state index in [0.29, 0.717) is 17.0 Å². The second kappa shape index (κ2) is 5.22. The first-order valence-corrected chi connectivity index (χ1v) is 8.07. The van der Waals surface area contributed by atoms with Crippen LogP contribution in [-0.2, 0) is 17.8 Å². The summed E-state index contributed by atoms with van der Waals surface area (Å²) >= 11 is 0. The summed E-state index contributed by atoms with van der Waals surface area (Å²) < 4.78 is 39.1. The Morgan fingerprint density at radius 1 is 1.25 bits per heavy atom. The molecule has 3 heterocycles. The van der Waals surface area contributed by atoms with Crippen LogP contribution in [0.2, 0.25) is 0 Å². The molecule has 0 atom stereocenters. The molecule has 0 unspecified atom stereocenters. The van der Waals surface area contributed by atoms with E-state index >= 15 is 0 Å². The third kappa shape index (κ3) is 2.76. The molecule has 1 saturated carbocycles. The van der Waals surface area contributed by atoms with E-state index < -0.39 is 12.7 Å². The van der Waals surface area contributed by atoms with E-state index in [0.717, 1.165) is 54.4 Å². The number of carbonyl (C=O) groups excluding carboxylic acids is 1. The Kier molecular flexibility index (Phi) is 3.37. The number of pyridine rings is 1. The SMILES string of the molecule is O=CN1CC2(CC(Cc3ccc4ccn(CC(F)(F)F)c4n3)C2)C1. The first-order valence-electron chi connectivity index (χ1n) is 8.07. The molecule has 0 N–H and O–H groups in total. The molecule has 7 heteroatoms. The summed E-state index contributed by atoms with van der Waals surface area (Å²) in [5.41, 5.74) is 1.54. The van der Waals surface area contributed by atoms with Crippen LogP contribution in [0, 0.1) is 11.3 Å². The van der Waals surface area contributed by atoms with Gasteiger partial charge in [-0.2, -0.15) is 13.2 Å². The van der Waals surface area contributed by atoms with Crippen molar-refractivity contribution in [2.24, 2.45) is 11.3 Å². The highest BCUT2D eigenvalue weighted by Crippen LogP contribution is 2.52. The third-order valence-electron chi connectivity index (χ3n) is 5.19. The Morgan fingerprint density at radius 2 is 2.00 bits per heavy atom. The summed E-state index contributed by atoms with van der Waals surface area (Å²) in [6.07, 6.45) is 1.01. The fraction of sp³-hybridized carbons (Fsp3) is 0.529. The Morgan fingerprint density at radius 3 is 2.67 bits per heavy atom. The standard InChI is InChI=1S/C17H18F3N3O/c18-17(19,20)10-23-4-3-13-1-2-14(21-15(13)23)5-12-6-16(7-12)8-22(9-16)11-24/h1-4,11-12H,5-10H2. The molecule has 2 aromatic rings. The van der Waals surface area contributed by atoms with Crippen LogP contribution in [0.15, 0.2) is 24.4 Å². The highest BCUT2D eigenvalue weighted by molar-refractivity contribution is 5.76. The average Bonchev–Trinajstić information content (AvgIpc) is 2.80. The maximum Gasteiger partial charge on any atom is 0.406 e. The van der Waals surface area contributed by atoms with Crippen LogP contribution in [0.4, 0.5) is 13.2 Å². The van der Waals surface area contributed by atoms with Gasteiger partial charge in [0.1, 0.15) is 12.2 Å². The smallest absolute Gasteiger partial charge is 0.344 e. The highest BCUT2D eigenvalue weighted by Gasteiger charge is 2.51. The first kappa shape index (κ1) is 15.5. The van der Waals surface area contributed by atoms with Gasteiger partial charge in [-0.15, -0.1) is 0 Å². The number of hydrogen-bond donors (Lipinski definition) is 0. The molecule has 4 nitrogen and oxygen atoms in total. The highest BCUT2D eigenvalue weighted by atomic mass is 19.4. The van der Waals surface area contributed by atoms with Crippen molar-refractivity contribution in [1.29, 1.82) is 0 Å². The minimum atomic E-state index is -4.25. The van der Waals surface area contributed by atoms with Gasteiger partial charge in [0, 0.05) is 35.8 Å². The Bertz CT molecular complexity index is 769. The fourth-order valence-electron chi connectivity index (χ4n) is 4.29. The Labute approximate surface area is 137 Å². The summed E-state index contributed by atoms with van der Waals surface area (Å²) in [5, 5.41) is 0.730. The van der Waals surface area contributed by atoms with Crippen LogP contribution in [-0.4, -0.2) is 40.1 Å². The monoisotopic (exact) mass is 337 g/mol. The molecule has 1 aliphatic carbocycles. The summed E-state index contributed by atoms with van der Waals surface area (Å²) in [7, 11) is 0. The zero-order valence-electron chi connectivity index (χ0n) is 13.1. The second-order valence-electron chi connectivity index (χ2n) is 7.26. The van der Waals surface area contributed by atoms with E-state index in [-0.39, 0.29) is 0 Å². The fourth-order valence-corrected chi connectivity index (χ4v) is 4.29. The van der Waals surface area contributed by atoms with Crippen LogP contribution in [0.25, 0.3) is 11.0 Å². The maximum absolute atomic E-state index is 12.6.